The van der Waals surface area contributed by atoms with Crippen molar-refractivity contribution in [2.45, 2.75) is 44.7 Å². The Hall–Kier alpha value is -1.56. The van der Waals surface area contributed by atoms with Gasteiger partial charge >= 0.3 is 6.03 Å². The third-order valence-electron chi connectivity index (χ3n) is 4.71. The molecule has 5 nitrogen and oxygen atoms in total. The van der Waals surface area contributed by atoms with Crippen LogP contribution in [0.1, 0.15) is 44.2 Å². The largest absolute Gasteiger partial charge is 0.343 e. The number of carbonyl (C=O) groups excluding carboxylic acids is 2. The summed E-state index contributed by atoms with van der Waals surface area (Å²) in [6, 6.07) is 2.58. The van der Waals surface area contributed by atoms with Crippen LogP contribution in [-0.4, -0.2) is 47.4 Å². The Bertz CT molecular complexity index is 524. The van der Waals surface area contributed by atoms with Gasteiger partial charge in [-0.2, -0.15) is 11.3 Å². The molecular weight excluding hydrogens is 298 g/mol. The standard InChI is InChI=1S/C16H23N3O2S/c1-12(20)18-8-4-14(5-9-18)17-16(21)19-7-2-3-15(19)13-6-10-22-11-13/h6,10-11,14-15H,2-5,7-9H2,1H3,(H,17,21)/t15-/m1/s1. The highest BCUT2D eigenvalue weighted by atomic mass is 32.1. The average Bonchev–Trinajstić information content (AvgIpc) is 3.18. The molecule has 3 rings (SSSR count). The first-order chi connectivity index (χ1) is 10.6. The summed E-state index contributed by atoms with van der Waals surface area (Å²) in [5, 5.41) is 7.38. The fourth-order valence-corrected chi connectivity index (χ4v) is 4.12. The van der Waals surface area contributed by atoms with Crippen LogP contribution < -0.4 is 5.32 Å². The van der Waals surface area contributed by atoms with Crippen molar-refractivity contribution in [3.05, 3.63) is 22.4 Å². The molecule has 1 N–H and O–H groups in total. The number of piperidine rings is 1. The molecule has 0 radical (unpaired) electrons. The van der Waals surface area contributed by atoms with Gasteiger partial charge in [-0.15, -0.1) is 0 Å². The molecule has 0 bridgehead atoms. The van der Waals surface area contributed by atoms with Crippen molar-refractivity contribution in [1.82, 2.24) is 15.1 Å². The van der Waals surface area contributed by atoms with Crippen LogP contribution in [0, 0.1) is 0 Å². The van der Waals surface area contributed by atoms with E-state index in [1.165, 1.54) is 5.56 Å². The van der Waals surface area contributed by atoms with Gasteiger partial charge < -0.3 is 15.1 Å². The van der Waals surface area contributed by atoms with Crippen LogP contribution in [0.3, 0.4) is 0 Å². The van der Waals surface area contributed by atoms with E-state index >= 15 is 0 Å². The molecule has 1 aromatic rings. The number of likely N-dealkylation sites (tertiary alicyclic amines) is 2. The number of rotatable bonds is 2. The van der Waals surface area contributed by atoms with Gasteiger partial charge in [-0.25, -0.2) is 4.79 Å². The summed E-state index contributed by atoms with van der Waals surface area (Å²) in [7, 11) is 0. The van der Waals surface area contributed by atoms with E-state index in [2.05, 4.69) is 22.1 Å². The Morgan fingerprint density at radius 1 is 1.23 bits per heavy atom. The second-order valence-corrected chi connectivity index (χ2v) is 6.92. The molecule has 22 heavy (non-hydrogen) atoms. The van der Waals surface area contributed by atoms with E-state index in [9.17, 15) is 9.59 Å². The highest BCUT2D eigenvalue weighted by molar-refractivity contribution is 7.07. The first kappa shape index (κ1) is 15.3. The van der Waals surface area contributed by atoms with Crippen LogP contribution in [0.25, 0.3) is 0 Å². The lowest BCUT2D eigenvalue weighted by molar-refractivity contribution is -0.129. The van der Waals surface area contributed by atoms with Crippen molar-refractivity contribution >= 4 is 23.3 Å². The molecule has 2 fully saturated rings. The predicted molar refractivity (Wildman–Crippen MR) is 86.8 cm³/mol. The van der Waals surface area contributed by atoms with Crippen molar-refractivity contribution < 1.29 is 9.59 Å². The van der Waals surface area contributed by atoms with E-state index < -0.39 is 0 Å². The Morgan fingerprint density at radius 3 is 2.64 bits per heavy atom. The second-order valence-electron chi connectivity index (χ2n) is 6.14. The zero-order valence-electron chi connectivity index (χ0n) is 13.0. The fourth-order valence-electron chi connectivity index (χ4n) is 3.42. The number of hydrogen-bond acceptors (Lipinski definition) is 3. The summed E-state index contributed by atoms with van der Waals surface area (Å²) in [5.74, 6) is 0.127. The van der Waals surface area contributed by atoms with E-state index in [-0.39, 0.29) is 24.0 Å². The molecule has 3 amide bonds. The number of thiophene rings is 1. The molecule has 120 valence electrons. The molecule has 0 unspecified atom stereocenters. The van der Waals surface area contributed by atoms with Gasteiger partial charge in [0.15, 0.2) is 0 Å². The van der Waals surface area contributed by atoms with Crippen LogP contribution >= 0.6 is 11.3 Å². The summed E-state index contributed by atoms with van der Waals surface area (Å²) >= 11 is 1.68. The average molecular weight is 321 g/mol. The molecular formula is C16H23N3O2S. The highest BCUT2D eigenvalue weighted by Gasteiger charge is 2.32. The molecule has 6 heteroatoms. The predicted octanol–water partition coefficient (Wildman–Crippen LogP) is 2.61. The fraction of sp³-hybridized carbons (Fsp3) is 0.625. The lowest BCUT2D eigenvalue weighted by Gasteiger charge is -2.33. The topological polar surface area (TPSA) is 52.7 Å². The van der Waals surface area contributed by atoms with E-state index in [0.29, 0.717) is 0 Å². The Labute approximate surface area is 135 Å². The monoisotopic (exact) mass is 321 g/mol. The Balaban J connectivity index is 1.55. The van der Waals surface area contributed by atoms with Crippen molar-refractivity contribution in [2.24, 2.45) is 0 Å². The minimum absolute atomic E-state index is 0.0509. The number of amides is 3. The van der Waals surface area contributed by atoms with E-state index in [1.54, 1.807) is 18.3 Å². The molecule has 2 aliphatic rings. The molecule has 0 aliphatic carbocycles. The summed E-state index contributed by atoms with van der Waals surface area (Å²) in [4.78, 5) is 27.7. The zero-order chi connectivity index (χ0) is 15.5. The van der Waals surface area contributed by atoms with E-state index in [1.807, 2.05) is 9.80 Å². The highest BCUT2D eigenvalue weighted by Crippen LogP contribution is 2.33. The number of urea groups is 1. The molecule has 0 saturated carbocycles. The van der Waals surface area contributed by atoms with Crippen LogP contribution in [0.5, 0.6) is 0 Å². The number of carbonyl (C=O) groups is 2. The van der Waals surface area contributed by atoms with Gasteiger partial charge in [0.05, 0.1) is 6.04 Å². The summed E-state index contributed by atoms with van der Waals surface area (Å²) in [6.45, 7) is 3.93. The lowest BCUT2D eigenvalue weighted by atomic mass is 10.1. The zero-order valence-corrected chi connectivity index (χ0v) is 13.8. The number of nitrogens with zero attached hydrogens (tertiary/aromatic N) is 2. The third kappa shape index (κ3) is 3.27. The van der Waals surface area contributed by atoms with Crippen LogP contribution in [0.2, 0.25) is 0 Å². The normalized spacial score (nSPS) is 22.9. The van der Waals surface area contributed by atoms with Crippen LogP contribution in [0.4, 0.5) is 4.79 Å². The molecule has 2 saturated heterocycles. The van der Waals surface area contributed by atoms with Gasteiger partial charge in [0.1, 0.15) is 0 Å². The third-order valence-corrected chi connectivity index (χ3v) is 5.41. The van der Waals surface area contributed by atoms with Crippen molar-refractivity contribution in [3.8, 4) is 0 Å². The van der Waals surface area contributed by atoms with E-state index in [4.69, 9.17) is 0 Å². The van der Waals surface area contributed by atoms with Crippen molar-refractivity contribution in [3.63, 3.8) is 0 Å². The minimum atomic E-state index is 0.0509. The van der Waals surface area contributed by atoms with Gasteiger partial charge in [-0.1, -0.05) is 0 Å². The van der Waals surface area contributed by atoms with Crippen molar-refractivity contribution in [2.75, 3.05) is 19.6 Å². The maximum absolute atomic E-state index is 12.6. The van der Waals surface area contributed by atoms with Gasteiger partial charge in [-0.05, 0) is 48.1 Å². The Kier molecular flexibility index (Phi) is 4.66. The van der Waals surface area contributed by atoms with Crippen LogP contribution in [-0.2, 0) is 4.79 Å². The summed E-state index contributed by atoms with van der Waals surface area (Å²) in [6.07, 6.45) is 3.81. The molecule has 2 aliphatic heterocycles. The molecule has 1 aromatic heterocycles. The summed E-state index contributed by atoms with van der Waals surface area (Å²) < 4.78 is 0. The number of nitrogens with one attached hydrogen (secondary N) is 1. The maximum Gasteiger partial charge on any atom is 0.318 e. The quantitative estimate of drug-likeness (QED) is 0.910. The van der Waals surface area contributed by atoms with Crippen LogP contribution in [0.15, 0.2) is 16.8 Å². The Morgan fingerprint density at radius 2 is 2.00 bits per heavy atom. The molecule has 3 heterocycles. The molecule has 0 spiro atoms. The second kappa shape index (κ2) is 6.69. The maximum atomic E-state index is 12.6. The van der Waals surface area contributed by atoms with E-state index in [0.717, 1.165) is 45.3 Å². The van der Waals surface area contributed by atoms with Gasteiger partial charge in [-0.3, -0.25) is 4.79 Å². The summed E-state index contributed by atoms with van der Waals surface area (Å²) in [5.41, 5.74) is 1.25. The van der Waals surface area contributed by atoms with Gasteiger partial charge in [0.25, 0.3) is 0 Å². The smallest absolute Gasteiger partial charge is 0.318 e. The van der Waals surface area contributed by atoms with Crippen molar-refractivity contribution in [1.29, 1.82) is 0 Å². The number of hydrogen-bond donors (Lipinski definition) is 1. The molecule has 0 aromatic carbocycles. The van der Waals surface area contributed by atoms with Gasteiger partial charge in [0.2, 0.25) is 5.91 Å². The first-order valence-corrected chi connectivity index (χ1v) is 8.94. The minimum Gasteiger partial charge on any atom is -0.343 e. The molecule has 1 atom stereocenters. The SMILES string of the molecule is CC(=O)N1CCC(NC(=O)N2CCC[C@@H]2c2ccsc2)CC1. The van der Waals surface area contributed by atoms with Gasteiger partial charge in [0, 0.05) is 32.6 Å². The lowest BCUT2D eigenvalue weighted by Crippen LogP contribution is -2.49. The first-order valence-electron chi connectivity index (χ1n) is 8.00.